The number of thiocarbonyl (C=S) groups is 1. The van der Waals surface area contributed by atoms with E-state index in [0.717, 1.165) is 31.5 Å². The van der Waals surface area contributed by atoms with Gasteiger partial charge in [-0.05, 0) is 69.1 Å². The van der Waals surface area contributed by atoms with Gasteiger partial charge in [0.1, 0.15) is 0 Å². The van der Waals surface area contributed by atoms with Crippen LogP contribution in [0.25, 0.3) is 0 Å². The molecule has 0 saturated carbocycles. The first-order valence-electron chi connectivity index (χ1n) is 9.10. The van der Waals surface area contributed by atoms with E-state index in [9.17, 15) is 9.59 Å². The van der Waals surface area contributed by atoms with Gasteiger partial charge in [0, 0.05) is 31.7 Å². The molecule has 1 heterocycles. The zero-order chi connectivity index (χ0) is 18.9. The number of likely N-dealkylation sites (tertiary alicyclic amines) is 1. The summed E-state index contributed by atoms with van der Waals surface area (Å²) in [6, 6.07) is 7.44. The number of ether oxygens (including phenoxy) is 1. The molecule has 1 atom stereocenters. The van der Waals surface area contributed by atoms with Crippen molar-refractivity contribution in [2.75, 3.05) is 25.0 Å². The van der Waals surface area contributed by atoms with Crippen molar-refractivity contribution in [1.82, 2.24) is 10.2 Å². The van der Waals surface area contributed by atoms with E-state index in [1.165, 1.54) is 13.3 Å². The quantitative estimate of drug-likeness (QED) is 0.587. The molecule has 0 aromatic heterocycles. The minimum absolute atomic E-state index is 0.00486. The highest BCUT2D eigenvalue weighted by molar-refractivity contribution is 7.80. The van der Waals surface area contributed by atoms with Crippen LogP contribution in [0, 0.1) is 0 Å². The molecule has 1 aliphatic heterocycles. The standard InChI is InChI=1S/C19H27N3O3S/c1-3-25-18(24)15-7-9-16(10-8-15)21-19(26)22-13-5-4-6-17(22)11-12-20-14(2)23/h7-10,17H,3-6,11-13H2,1-2H3,(H,20,23)(H,21,26)/t17-/m0/s1. The molecule has 0 unspecified atom stereocenters. The van der Waals surface area contributed by atoms with E-state index in [1.807, 2.05) is 12.1 Å². The first-order valence-corrected chi connectivity index (χ1v) is 9.51. The Labute approximate surface area is 160 Å². The van der Waals surface area contributed by atoms with Crippen LogP contribution in [0.15, 0.2) is 24.3 Å². The van der Waals surface area contributed by atoms with Crippen molar-refractivity contribution in [3.8, 4) is 0 Å². The molecule has 1 amide bonds. The van der Waals surface area contributed by atoms with E-state index in [-0.39, 0.29) is 11.9 Å². The van der Waals surface area contributed by atoms with Gasteiger partial charge in [-0.2, -0.15) is 0 Å². The number of carbonyl (C=O) groups excluding carboxylic acids is 2. The number of rotatable bonds is 6. The summed E-state index contributed by atoms with van der Waals surface area (Å²) in [4.78, 5) is 25.0. The van der Waals surface area contributed by atoms with Gasteiger partial charge in [-0.3, -0.25) is 4.79 Å². The summed E-state index contributed by atoms with van der Waals surface area (Å²) < 4.78 is 4.99. The highest BCUT2D eigenvalue weighted by Gasteiger charge is 2.24. The lowest BCUT2D eigenvalue weighted by Crippen LogP contribution is -2.47. The zero-order valence-electron chi connectivity index (χ0n) is 15.4. The number of piperidine rings is 1. The minimum atomic E-state index is -0.323. The molecule has 7 heteroatoms. The maximum Gasteiger partial charge on any atom is 0.338 e. The molecule has 1 aromatic rings. The molecule has 0 spiro atoms. The van der Waals surface area contributed by atoms with Crippen LogP contribution < -0.4 is 10.6 Å². The maximum atomic E-state index is 11.7. The van der Waals surface area contributed by atoms with Crippen LogP contribution in [0.5, 0.6) is 0 Å². The molecular formula is C19H27N3O3S. The lowest BCUT2D eigenvalue weighted by atomic mass is 10.00. The van der Waals surface area contributed by atoms with Gasteiger partial charge in [0.15, 0.2) is 5.11 Å². The number of esters is 1. The van der Waals surface area contributed by atoms with Crippen LogP contribution in [-0.4, -0.2) is 47.6 Å². The Hall–Kier alpha value is -2.15. The Morgan fingerprint density at radius 3 is 2.65 bits per heavy atom. The SMILES string of the molecule is CCOC(=O)c1ccc(NC(=S)N2CCCC[C@H]2CCNC(C)=O)cc1. The molecule has 1 aliphatic rings. The smallest absolute Gasteiger partial charge is 0.338 e. The molecule has 1 fully saturated rings. The first kappa shape index (κ1) is 20.2. The Balaban J connectivity index is 1.93. The minimum Gasteiger partial charge on any atom is -0.462 e. The van der Waals surface area contributed by atoms with Gasteiger partial charge in [-0.25, -0.2) is 4.79 Å². The largest absolute Gasteiger partial charge is 0.462 e. The molecule has 0 radical (unpaired) electrons. The van der Waals surface area contributed by atoms with Crippen LogP contribution in [0.2, 0.25) is 0 Å². The number of anilines is 1. The van der Waals surface area contributed by atoms with Gasteiger partial charge in [-0.15, -0.1) is 0 Å². The Morgan fingerprint density at radius 2 is 2.00 bits per heavy atom. The summed E-state index contributed by atoms with van der Waals surface area (Å²) in [7, 11) is 0. The number of carbonyl (C=O) groups is 2. The highest BCUT2D eigenvalue weighted by atomic mass is 32.1. The van der Waals surface area contributed by atoms with Crippen LogP contribution in [-0.2, 0) is 9.53 Å². The molecule has 0 bridgehead atoms. The molecule has 2 rings (SSSR count). The average molecular weight is 378 g/mol. The summed E-state index contributed by atoms with van der Waals surface area (Å²) in [5.74, 6) is -0.328. The Bertz CT molecular complexity index is 633. The fraction of sp³-hybridized carbons (Fsp3) is 0.526. The van der Waals surface area contributed by atoms with Gasteiger partial charge >= 0.3 is 5.97 Å². The van der Waals surface area contributed by atoms with E-state index >= 15 is 0 Å². The summed E-state index contributed by atoms with van der Waals surface area (Å²) >= 11 is 5.60. The Kier molecular flexibility index (Phi) is 7.84. The Morgan fingerprint density at radius 1 is 1.27 bits per heavy atom. The summed E-state index contributed by atoms with van der Waals surface area (Å²) in [6.07, 6.45) is 4.24. The lowest BCUT2D eigenvalue weighted by molar-refractivity contribution is -0.119. The third-order valence-electron chi connectivity index (χ3n) is 4.39. The molecule has 1 saturated heterocycles. The molecule has 6 nitrogen and oxygen atoms in total. The van der Waals surface area contributed by atoms with Gasteiger partial charge in [0.2, 0.25) is 5.91 Å². The second-order valence-corrected chi connectivity index (χ2v) is 6.73. The lowest BCUT2D eigenvalue weighted by Gasteiger charge is -2.37. The van der Waals surface area contributed by atoms with Crippen molar-refractivity contribution in [2.45, 2.75) is 45.6 Å². The predicted molar refractivity (Wildman–Crippen MR) is 106 cm³/mol. The monoisotopic (exact) mass is 377 g/mol. The number of nitrogens with one attached hydrogen (secondary N) is 2. The summed E-state index contributed by atoms with van der Waals surface area (Å²) in [6.45, 7) is 5.25. The molecule has 142 valence electrons. The molecular weight excluding hydrogens is 350 g/mol. The van der Waals surface area contributed by atoms with E-state index in [1.54, 1.807) is 19.1 Å². The van der Waals surface area contributed by atoms with Crippen molar-refractivity contribution in [3.05, 3.63) is 29.8 Å². The van der Waals surface area contributed by atoms with E-state index in [4.69, 9.17) is 17.0 Å². The average Bonchev–Trinajstić information content (AvgIpc) is 2.62. The second-order valence-electron chi connectivity index (χ2n) is 6.34. The van der Waals surface area contributed by atoms with Gasteiger partial charge in [0.25, 0.3) is 0 Å². The summed E-state index contributed by atoms with van der Waals surface area (Å²) in [5.41, 5.74) is 1.36. The molecule has 0 aliphatic carbocycles. The zero-order valence-corrected chi connectivity index (χ0v) is 16.2. The van der Waals surface area contributed by atoms with Crippen LogP contribution >= 0.6 is 12.2 Å². The van der Waals surface area contributed by atoms with Crippen molar-refractivity contribution < 1.29 is 14.3 Å². The number of benzene rings is 1. The topological polar surface area (TPSA) is 70.7 Å². The summed E-state index contributed by atoms with van der Waals surface area (Å²) in [5, 5.41) is 6.79. The number of amides is 1. The van der Waals surface area contributed by atoms with Crippen LogP contribution in [0.4, 0.5) is 5.69 Å². The fourth-order valence-electron chi connectivity index (χ4n) is 3.08. The number of nitrogens with zero attached hydrogens (tertiary/aromatic N) is 1. The van der Waals surface area contributed by atoms with Gasteiger partial charge < -0.3 is 20.3 Å². The van der Waals surface area contributed by atoms with Crippen molar-refractivity contribution in [2.24, 2.45) is 0 Å². The second kappa shape index (κ2) is 10.1. The van der Waals surface area contributed by atoms with E-state index < -0.39 is 0 Å². The highest BCUT2D eigenvalue weighted by Crippen LogP contribution is 2.21. The van der Waals surface area contributed by atoms with Crippen molar-refractivity contribution in [3.63, 3.8) is 0 Å². The third-order valence-corrected chi connectivity index (χ3v) is 4.72. The third kappa shape index (κ3) is 5.98. The van der Waals surface area contributed by atoms with Crippen molar-refractivity contribution >= 4 is 34.9 Å². The van der Waals surface area contributed by atoms with Gasteiger partial charge in [0.05, 0.1) is 12.2 Å². The van der Waals surface area contributed by atoms with E-state index in [2.05, 4.69) is 15.5 Å². The van der Waals surface area contributed by atoms with Crippen LogP contribution in [0.1, 0.15) is 49.9 Å². The maximum absolute atomic E-state index is 11.7. The van der Waals surface area contributed by atoms with Gasteiger partial charge in [-0.1, -0.05) is 0 Å². The molecule has 2 N–H and O–H groups in total. The fourth-order valence-corrected chi connectivity index (χ4v) is 3.44. The first-order chi connectivity index (χ1) is 12.5. The molecule has 1 aromatic carbocycles. The van der Waals surface area contributed by atoms with E-state index in [0.29, 0.717) is 29.9 Å². The number of hydrogen-bond acceptors (Lipinski definition) is 4. The number of hydrogen-bond donors (Lipinski definition) is 2. The van der Waals surface area contributed by atoms with Crippen molar-refractivity contribution in [1.29, 1.82) is 0 Å². The normalized spacial score (nSPS) is 16.7. The predicted octanol–water partition coefficient (Wildman–Crippen LogP) is 2.94. The van der Waals surface area contributed by atoms with Crippen LogP contribution in [0.3, 0.4) is 0 Å². The molecule has 26 heavy (non-hydrogen) atoms.